The number of fused-ring (bicyclic) bond motifs is 1. The van der Waals surface area contributed by atoms with Gasteiger partial charge in [-0.3, -0.25) is 9.20 Å². The van der Waals surface area contributed by atoms with Gasteiger partial charge >= 0.3 is 12.1 Å². The Labute approximate surface area is 174 Å². The predicted molar refractivity (Wildman–Crippen MR) is 104 cm³/mol. The molecule has 0 spiro atoms. The fraction of sp³-hybridized carbons (Fsp3) is 0.300. The zero-order chi connectivity index (χ0) is 22.0. The maximum absolute atomic E-state index is 12.9. The number of carbonyl (C=O) groups is 2. The Morgan fingerprint density at radius 3 is 2.58 bits per heavy atom. The molecule has 8 nitrogen and oxygen atoms in total. The molecule has 31 heavy (non-hydrogen) atoms. The molecular formula is C20H18F3N5O3. The number of piperazine rings is 1. The Balaban J connectivity index is 1.30. The van der Waals surface area contributed by atoms with Crippen molar-refractivity contribution in [3.05, 3.63) is 60.0 Å². The van der Waals surface area contributed by atoms with Crippen LogP contribution in [0, 0.1) is 0 Å². The van der Waals surface area contributed by atoms with Gasteiger partial charge in [0.1, 0.15) is 6.33 Å². The summed E-state index contributed by atoms with van der Waals surface area (Å²) in [7, 11) is 0. The summed E-state index contributed by atoms with van der Waals surface area (Å²) in [5, 5.41) is 7.56. The smallest absolute Gasteiger partial charge is 0.416 e. The number of carbonyl (C=O) groups excluding carboxylic acids is 2. The van der Waals surface area contributed by atoms with Crippen molar-refractivity contribution in [2.75, 3.05) is 37.7 Å². The van der Waals surface area contributed by atoms with E-state index in [0.717, 1.165) is 12.1 Å². The van der Waals surface area contributed by atoms with E-state index in [4.69, 9.17) is 4.74 Å². The molecule has 3 heterocycles. The first kappa shape index (κ1) is 20.6. The fourth-order valence-corrected chi connectivity index (χ4v) is 3.34. The molecule has 11 heteroatoms. The average Bonchev–Trinajstić information content (AvgIpc) is 3.25. The number of alkyl halides is 3. The third-order valence-electron chi connectivity index (χ3n) is 5.02. The van der Waals surface area contributed by atoms with Crippen molar-refractivity contribution in [2.24, 2.45) is 0 Å². The molecule has 0 N–H and O–H groups in total. The Morgan fingerprint density at radius 1 is 1.06 bits per heavy atom. The normalized spacial score (nSPS) is 14.7. The van der Waals surface area contributed by atoms with Crippen LogP contribution in [0.25, 0.3) is 5.65 Å². The van der Waals surface area contributed by atoms with E-state index < -0.39 is 24.3 Å². The van der Waals surface area contributed by atoms with Gasteiger partial charge in [-0.2, -0.15) is 13.2 Å². The molecule has 4 rings (SSSR count). The van der Waals surface area contributed by atoms with E-state index in [2.05, 4.69) is 10.2 Å². The van der Waals surface area contributed by atoms with Crippen molar-refractivity contribution in [1.82, 2.24) is 19.5 Å². The number of rotatable bonds is 4. The van der Waals surface area contributed by atoms with Gasteiger partial charge in [-0.1, -0.05) is 6.07 Å². The van der Waals surface area contributed by atoms with Crippen LogP contribution in [-0.2, 0) is 15.7 Å². The van der Waals surface area contributed by atoms with Crippen LogP contribution in [0.5, 0.6) is 0 Å². The van der Waals surface area contributed by atoms with E-state index in [1.165, 1.54) is 29.6 Å². The van der Waals surface area contributed by atoms with E-state index in [9.17, 15) is 22.8 Å². The van der Waals surface area contributed by atoms with E-state index in [0.29, 0.717) is 37.5 Å². The van der Waals surface area contributed by atoms with Crippen LogP contribution in [0.3, 0.4) is 0 Å². The van der Waals surface area contributed by atoms with Crippen LogP contribution in [0.1, 0.15) is 15.9 Å². The lowest BCUT2D eigenvalue weighted by Gasteiger charge is -2.36. The Morgan fingerprint density at radius 2 is 1.84 bits per heavy atom. The summed E-state index contributed by atoms with van der Waals surface area (Å²) in [6.45, 7) is 0.984. The van der Waals surface area contributed by atoms with Crippen LogP contribution in [0.15, 0.2) is 48.9 Å². The molecule has 0 unspecified atom stereocenters. The minimum absolute atomic E-state index is 0.259. The molecule has 1 aliphatic heterocycles. The second-order valence-corrected chi connectivity index (χ2v) is 7.01. The van der Waals surface area contributed by atoms with Gasteiger partial charge in [0.25, 0.3) is 5.91 Å². The Kier molecular flexibility index (Phi) is 5.49. The van der Waals surface area contributed by atoms with E-state index in [1.54, 1.807) is 21.4 Å². The highest BCUT2D eigenvalue weighted by molar-refractivity contribution is 5.91. The summed E-state index contributed by atoms with van der Waals surface area (Å²) < 4.78 is 45.4. The molecule has 3 aromatic rings. The minimum Gasteiger partial charge on any atom is -0.452 e. The number of esters is 1. The first-order valence-corrected chi connectivity index (χ1v) is 9.48. The van der Waals surface area contributed by atoms with Crippen molar-refractivity contribution in [2.45, 2.75) is 6.18 Å². The molecule has 1 amide bonds. The zero-order valence-corrected chi connectivity index (χ0v) is 16.2. The number of hydrogen-bond donors (Lipinski definition) is 0. The topological polar surface area (TPSA) is 80.0 Å². The molecule has 1 aromatic carbocycles. The third-order valence-corrected chi connectivity index (χ3v) is 5.02. The minimum atomic E-state index is -4.41. The standard InChI is InChI=1S/C20H18F3N5O3/c21-20(22,23)15-2-1-3-16(10-15)26-6-8-27(9-7-26)18(29)12-31-19(30)14-4-5-17-25-24-13-28(17)11-14/h1-5,10-11,13H,6-9,12H2. The lowest BCUT2D eigenvalue weighted by Crippen LogP contribution is -2.50. The average molecular weight is 433 g/mol. The number of amides is 1. The monoisotopic (exact) mass is 433 g/mol. The molecule has 1 aliphatic rings. The fourth-order valence-electron chi connectivity index (χ4n) is 3.34. The molecule has 0 aliphatic carbocycles. The van der Waals surface area contributed by atoms with Gasteiger partial charge < -0.3 is 14.5 Å². The quantitative estimate of drug-likeness (QED) is 0.588. The molecule has 0 radical (unpaired) electrons. The number of benzene rings is 1. The largest absolute Gasteiger partial charge is 0.452 e. The van der Waals surface area contributed by atoms with Gasteiger partial charge in [-0.25, -0.2) is 4.79 Å². The second-order valence-electron chi connectivity index (χ2n) is 7.01. The first-order valence-electron chi connectivity index (χ1n) is 9.48. The third kappa shape index (κ3) is 4.60. The molecule has 1 fully saturated rings. The predicted octanol–water partition coefficient (Wildman–Crippen LogP) is 2.25. The maximum atomic E-state index is 12.9. The molecule has 0 atom stereocenters. The lowest BCUT2D eigenvalue weighted by molar-refractivity contribution is -0.137. The van der Waals surface area contributed by atoms with Crippen LogP contribution in [0.4, 0.5) is 18.9 Å². The second kappa shape index (κ2) is 8.25. The molecule has 1 saturated heterocycles. The number of pyridine rings is 1. The lowest BCUT2D eigenvalue weighted by atomic mass is 10.1. The van der Waals surface area contributed by atoms with Crippen molar-refractivity contribution >= 4 is 23.2 Å². The number of nitrogens with zero attached hydrogens (tertiary/aromatic N) is 5. The highest BCUT2D eigenvalue weighted by Crippen LogP contribution is 2.31. The summed E-state index contributed by atoms with van der Waals surface area (Å²) in [5.41, 5.74) is 0.582. The summed E-state index contributed by atoms with van der Waals surface area (Å²) in [4.78, 5) is 27.9. The molecular weight excluding hydrogens is 415 g/mol. The van der Waals surface area contributed by atoms with Crippen LogP contribution >= 0.6 is 0 Å². The first-order chi connectivity index (χ1) is 14.8. The van der Waals surface area contributed by atoms with Crippen LogP contribution < -0.4 is 4.90 Å². The molecule has 162 valence electrons. The van der Waals surface area contributed by atoms with Crippen molar-refractivity contribution < 1.29 is 27.5 Å². The Bertz CT molecular complexity index is 1110. The van der Waals surface area contributed by atoms with Gasteiger partial charge in [0, 0.05) is 38.1 Å². The van der Waals surface area contributed by atoms with Crippen molar-refractivity contribution in [3.8, 4) is 0 Å². The number of hydrogen-bond acceptors (Lipinski definition) is 6. The molecule has 0 saturated carbocycles. The number of ether oxygens (including phenoxy) is 1. The summed E-state index contributed by atoms with van der Waals surface area (Å²) >= 11 is 0. The van der Waals surface area contributed by atoms with Crippen LogP contribution in [-0.4, -0.2) is 64.2 Å². The van der Waals surface area contributed by atoms with Crippen molar-refractivity contribution in [3.63, 3.8) is 0 Å². The summed E-state index contributed by atoms with van der Waals surface area (Å²) in [6.07, 6.45) is -1.45. The van der Waals surface area contributed by atoms with E-state index >= 15 is 0 Å². The van der Waals surface area contributed by atoms with Gasteiger partial charge in [0.05, 0.1) is 11.1 Å². The van der Waals surface area contributed by atoms with Gasteiger partial charge in [0.15, 0.2) is 12.3 Å². The Hall–Kier alpha value is -3.63. The van der Waals surface area contributed by atoms with E-state index in [-0.39, 0.29) is 11.5 Å². The van der Waals surface area contributed by atoms with Gasteiger partial charge in [0.2, 0.25) is 0 Å². The SMILES string of the molecule is O=C(OCC(=O)N1CCN(c2cccc(C(F)(F)F)c2)CC1)c1ccc2nncn2c1. The number of anilines is 1. The highest BCUT2D eigenvalue weighted by atomic mass is 19.4. The zero-order valence-electron chi connectivity index (χ0n) is 16.2. The van der Waals surface area contributed by atoms with E-state index in [1.807, 2.05) is 0 Å². The summed E-state index contributed by atoms with van der Waals surface area (Å²) in [5.74, 6) is -1.01. The van der Waals surface area contributed by atoms with Crippen molar-refractivity contribution in [1.29, 1.82) is 0 Å². The summed E-state index contributed by atoms with van der Waals surface area (Å²) in [6, 6.07) is 8.25. The van der Waals surface area contributed by atoms with Crippen LogP contribution in [0.2, 0.25) is 0 Å². The number of aromatic nitrogens is 3. The maximum Gasteiger partial charge on any atom is 0.416 e. The van der Waals surface area contributed by atoms with Gasteiger partial charge in [-0.15, -0.1) is 10.2 Å². The van der Waals surface area contributed by atoms with Gasteiger partial charge in [-0.05, 0) is 30.3 Å². The highest BCUT2D eigenvalue weighted by Gasteiger charge is 2.31. The number of halogens is 3. The molecule has 2 aromatic heterocycles. The molecule has 0 bridgehead atoms.